The number of nitriles is 1. The second-order valence-corrected chi connectivity index (χ2v) is 5.54. The molecule has 0 aliphatic heterocycles. The van der Waals surface area contributed by atoms with Crippen molar-refractivity contribution in [2.75, 3.05) is 5.32 Å². The van der Waals surface area contributed by atoms with Crippen molar-refractivity contribution >= 4 is 23.6 Å². The van der Waals surface area contributed by atoms with E-state index in [1.165, 1.54) is 12.1 Å². The second kappa shape index (κ2) is 7.85. The maximum Gasteiger partial charge on any atom is 0.336 e. The molecular weight excluding hydrogens is 344 g/mol. The van der Waals surface area contributed by atoms with Gasteiger partial charge in [0.1, 0.15) is 23.2 Å². The van der Waals surface area contributed by atoms with Crippen LogP contribution in [0.1, 0.15) is 16.1 Å². The van der Waals surface area contributed by atoms with Crippen molar-refractivity contribution in [1.29, 1.82) is 5.26 Å². The Morgan fingerprint density at radius 3 is 2.41 bits per heavy atom. The van der Waals surface area contributed by atoms with Gasteiger partial charge in [-0.15, -0.1) is 0 Å². The molecule has 3 rings (SSSR count). The number of nitrogens with zero attached hydrogens (tertiary/aromatic N) is 1. The Morgan fingerprint density at radius 2 is 1.70 bits per heavy atom. The Morgan fingerprint density at radius 1 is 1.00 bits per heavy atom. The quantitative estimate of drug-likeness (QED) is 0.526. The number of benzene rings is 2. The third-order valence-electron chi connectivity index (χ3n) is 3.73. The van der Waals surface area contributed by atoms with Gasteiger partial charge in [0.2, 0.25) is 0 Å². The van der Waals surface area contributed by atoms with Gasteiger partial charge in [-0.2, -0.15) is 5.26 Å². The van der Waals surface area contributed by atoms with Gasteiger partial charge >= 0.3 is 5.97 Å². The fourth-order valence-corrected chi connectivity index (χ4v) is 2.47. The fourth-order valence-electron chi connectivity index (χ4n) is 2.47. The molecule has 1 aromatic heterocycles. The summed E-state index contributed by atoms with van der Waals surface area (Å²) in [4.78, 5) is 23.6. The molecule has 132 valence electrons. The van der Waals surface area contributed by atoms with E-state index in [2.05, 4.69) is 5.32 Å². The number of carbonyl (C=O) groups is 2. The lowest BCUT2D eigenvalue weighted by Gasteiger charge is -2.03. The van der Waals surface area contributed by atoms with Crippen molar-refractivity contribution in [3.05, 3.63) is 83.6 Å². The number of aromatic carboxylic acids is 1. The summed E-state index contributed by atoms with van der Waals surface area (Å²) in [6.45, 7) is 0. The zero-order chi connectivity index (χ0) is 19.2. The third kappa shape index (κ3) is 4.11. The van der Waals surface area contributed by atoms with Gasteiger partial charge in [-0.05, 0) is 30.3 Å². The van der Waals surface area contributed by atoms with Gasteiger partial charge in [0.15, 0.2) is 0 Å². The zero-order valence-electron chi connectivity index (χ0n) is 14.0. The van der Waals surface area contributed by atoms with E-state index in [-0.39, 0.29) is 16.9 Å². The van der Waals surface area contributed by atoms with Crippen molar-refractivity contribution in [1.82, 2.24) is 0 Å². The molecule has 0 atom stereocenters. The van der Waals surface area contributed by atoms with Crippen molar-refractivity contribution in [3.63, 3.8) is 0 Å². The van der Waals surface area contributed by atoms with Crippen LogP contribution in [0.25, 0.3) is 17.4 Å². The Balaban J connectivity index is 1.86. The van der Waals surface area contributed by atoms with Gasteiger partial charge in [-0.3, -0.25) is 4.79 Å². The van der Waals surface area contributed by atoms with Gasteiger partial charge in [0.05, 0.1) is 5.56 Å². The van der Waals surface area contributed by atoms with Crippen LogP contribution in [0, 0.1) is 11.3 Å². The van der Waals surface area contributed by atoms with Crippen LogP contribution in [0.3, 0.4) is 0 Å². The highest BCUT2D eigenvalue weighted by Crippen LogP contribution is 2.27. The van der Waals surface area contributed by atoms with Crippen LogP contribution in [-0.4, -0.2) is 17.0 Å². The Kier molecular flexibility index (Phi) is 5.15. The zero-order valence-corrected chi connectivity index (χ0v) is 14.0. The third-order valence-corrected chi connectivity index (χ3v) is 3.73. The number of carbonyl (C=O) groups excluding carboxylic acids is 1. The molecule has 2 N–H and O–H groups in total. The van der Waals surface area contributed by atoms with Gasteiger partial charge in [-0.1, -0.05) is 36.4 Å². The first-order valence-electron chi connectivity index (χ1n) is 7.99. The predicted octanol–water partition coefficient (Wildman–Crippen LogP) is 4.19. The number of amides is 1. The average Bonchev–Trinajstić information content (AvgIpc) is 3.15. The molecule has 27 heavy (non-hydrogen) atoms. The highest BCUT2D eigenvalue weighted by Gasteiger charge is 2.15. The van der Waals surface area contributed by atoms with Crippen LogP contribution in [0.4, 0.5) is 5.69 Å². The van der Waals surface area contributed by atoms with Crippen molar-refractivity contribution in [2.45, 2.75) is 0 Å². The largest absolute Gasteiger partial charge is 0.478 e. The monoisotopic (exact) mass is 358 g/mol. The van der Waals surface area contributed by atoms with Gasteiger partial charge < -0.3 is 14.8 Å². The number of furan rings is 1. The number of hydrogen-bond donors (Lipinski definition) is 2. The van der Waals surface area contributed by atoms with Gasteiger partial charge in [-0.25, -0.2) is 4.79 Å². The summed E-state index contributed by atoms with van der Waals surface area (Å²) in [5, 5.41) is 21.2. The van der Waals surface area contributed by atoms with E-state index in [0.29, 0.717) is 17.0 Å². The number of carboxylic acids is 1. The Bertz CT molecular complexity index is 1060. The van der Waals surface area contributed by atoms with Crippen LogP contribution < -0.4 is 5.32 Å². The molecular formula is C21H14N2O4. The summed E-state index contributed by atoms with van der Waals surface area (Å²) in [5.74, 6) is -1.03. The highest BCUT2D eigenvalue weighted by atomic mass is 16.4. The predicted molar refractivity (Wildman–Crippen MR) is 99.8 cm³/mol. The molecule has 0 spiro atoms. The molecule has 0 saturated carbocycles. The summed E-state index contributed by atoms with van der Waals surface area (Å²) >= 11 is 0. The highest BCUT2D eigenvalue weighted by molar-refractivity contribution is 6.09. The van der Waals surface area contributed by atoms with Crippen LogP contribution in [0.15, 0.2) is 76.7 Å². The van der Waals surface area contributed by atoms with E-state index in [0.717, 1.165) is 0 Å². The first kappa shape index (κ1) is 17.7. The van der Waals surface area contributed by atoms with E-state index >= 15 is 0 Å². The Labute approximate surface area is 155 Å². The smallest absolute Gasteiger partial charge is 0.336 e. The van der Waals surface area contributed by atoms with Crippen LogP contribution in [0.2, 0.25) is 0 Å². The first-order valence-corrected chi connectivity index (χ1v) is 7.99. The molecule has 0 unspecified atom stereocenters. The van der Waals surface area contributed by atoms with Crippen molar-refractivity contribution in [2.24, 2.45) is 0 Å². The molecule has 0 fully saturated rings. The number of hydrogen-bond acceptors (Lipinski definition) is 4. The van der Waals surface area contributed by atoms with Gasteiger partial charge in [0, 0.05) is 17.3 Å². The SMILES string of the molecule is N#C/C(=C\c1ccc(-c2ccccc2C(=O)O)o1)C(=O)Nc1ccccc1. The normalized spacial score (nSPS) is 10.9. The summed E-state index contributed by atoms with van der Waals surface area (Å²) in [6.07, 6.45) is 1.31. The first-order chi connectivity index (χ1) is 13.1. The average molecular weight is 358 g/mol. The minimum atomic E-state index is -1.07. The number of carboxylic acid groups (broad SMARTS) is 1. The lowest BCUT2D eigenvalue weighted by Crippen LogP contribution is -2.13. The molecule has 1 heterocycles. The topological polar surface area (TPSA) is 103 Å². The van der Waals surface area contributed by atoms with Crippen LogP contribution in [-0.2, 0) is 4.79 Å². The van der Waals surface area contributed by atoms with E-state index in [4.69, 9.17) is 4.42 Å². The molecule has 2 aromatic carbocycles. The summed E-state index contributed by atoms with van der Waals surface area (Å²) in [7, 11) is 0. The fraction of sp³-hybridized carbons (Fsp3) is 0. The molecule has 0 aliphatic rings. The summed E-state index contributed by atoms with van der Waals surface area (Å²) in [6, 6.07) is 20.2. The minimum absolute atomic E-state index is 0.102. The number of rotatable bonds is 5. The standard InChI is InChI=1S/C21H14N2O4/c22-13-14(20(24)23-15-6-2-1-3-7-15)12-16-10-11-19(27-16)17-8-4-5-9-18(17)21(25)26/h1-12H,(H,23,24)(H,25,26)/b14-12+. The second-order valence-electron chi connectivity index (χ2n) is 5.54. The number of anilines is 1. The van der Waals surface area contributed by atoms with E-state index < -0.39 is 11.9 Å². The maximum absolute atomic E-state index is 12.2. The van der Waals surface area contributed by atoms with Crippen LogP contribution >= 0.6 is 0 Å². The number of nitrogens with one attached hydrogen (secondary N) is 1. The van der Waals surface area contributed by atoms with Crippen molar-refractivity contribution in [3.8, 4) is 17.4 Å². The molecule has 1 amide bonds. The Hall–Kier alpha value is -4.11. The minimum Gasteiger partial charge on any atom is -0.478 e. The molecule has 0 saturated heterocycles. The maximum atomic E-state index is 12.2. The van der Waals surface area contributed by atoms with Gasteiger partial charge in [0.25, 0.3) is 5.91 Å². The van der Waals surface area contributed by atoms with E-state index in [9.17, 15) is 20.0 Å². The molecule has 3 aromatic rings. The van der Waals surface area contributed by atoms with E-state index in [1.807, 2.05) is 12.1 Å². The molecule has 0 bridgehead atoms. The van der Waals surface area contributed by atoms with Crippen LogP contribution in [0.5, 0.6) is 0 Å². The molecule has 6 heteroatoms. The lowest BCUT2D eigenvalue weighted by molar-refractivity contribution is -0.112. The number of para-hydroxylation sites is 1. The lowest BCUT2D eigenvalue weighted by atomic mass is 10.1. The molecule has 0 radical (unpaired) electrons. The van der Waals surface area contributed by atoms with Crippen molar-refractivity contribution < 1.29 is 19.1 Å². The summed E-state index contributed by atoms with van der Waals surface area (Å²) in [5.41, 5.74) is 0.951. The van der Waals surface area contributed by atoms with E-state index in [1.54, 1.807) is 54.6 Å². The molecule has 0 aliphatic carbocycles. The molecule has 6 nitrogen and oxygen atoms in total. The summed E-state index contributed by atoms with van der Waals surface area (Å²) < 4.78 is 5.62.